The molecule has 0 saturated carbocycles. The van der Waals surface area contributed by atoms with Gasteiger partial charge in [-0.15, -0.1) is 0 Å². The Morgan fingerprint density at radius 2 is 1.97 bits per heavy atom. The topological polar surface area (TPSA) is 52.2 Å². The summed E-state index contributed by atoms with van der Waals surface area (Å²) >= 11 is 0. The van der Waals surface area contributed by atoms with Crippen molar-refractivity contribution in [3.05, 3.63) is 70.8 Å². The molecule has 1 aliphatic heterocycles. The number of pyridine rings is 1. The molecule has 1 aromatic carbocycles. The van der Waals surface area contributed by atoms with E-state index in [1.54, 1.807) is 11.1 Å². The Kier molecular flexibility index (Phi) is 5.79. The predicted molar refractivity (Wildman–Crippen MR) is 128 cm³/mol. The van der Waals surface area contributed by atoms with Crippen molar-refractivity contribution < 1.29 is 4.79 Å². The van der Waals surface area contributed by atoms with Gasteiger partial charge in [0.05, 0.1) is 11.3 Å². The summed E-state index contributed by atoms with van der Waals surface area (Å²) in [4.78, 5) is 24.8. The Morgan fingerprint density at radius 3 is 2.68 bits per heavy atom. The smallest absolute Gasteiger partial charge is 0.258 e. The van der Waals surface area contributed by atoms with E-state index in [2.05, 4.69) is 54.9 Å². The van der Waals surface area contributed by atoms with Crippen LogP contribution in [0.15, 0.2) is 42.7 Å². The van der Waals surface area contributed by atoms with Crippen LogP contribution in [0.25, 0.3) is 22.8 Å². The van der Waals surface area contributed by atoms with Crippen molar-refractivity contribution in [1.82, 2.24) is 14.9 Å². The highest BCUT2D eigenvalue weighted by Gasteiger charge is 2.30. The molecule has 3 heterocycles. The fourth-order valence-electron chi connectivity index (χ4n) is 4.35. The molecule has 4 rings (SSSR count). The zero-order valence-electron chi connectivity index (χ0n) is 19.0. The predicted octanol–water partition coefficient (Wildman–Crippen LogP) is 4.70. The molecule has 1 amide bonds. The number of anilines is 1. The number of nitrogens with one attached hydrogen (secondary N) is 1. The van der Waals surface area contributed by atoms with Crippen LogP contribution in [-0.4, -0.2) is 48.5 Å². The van der Waals surface area contributed by atoms with Gasteiger partial charge in [-0.1, -0.05) is 18.2 Å². The normalized spacial score (nSPS) is 14.7. The number of benzene rings is 1. The molecule has 160 valence electrons. The van der Waals surface area contributed by atoms with Crippen molar-refractivity contribution in [2.45, 2.75) is 26.7 Å². The molecule has 0 aliphatic carbocycles. The summed E-state index contributed by atoms with van der Waals surface area (Å²) in [5.74, 6) is 0.0270. The Balaban J connectivity index is 1.68. The van der Waals surface area contributed by atoms with Gasteiger partial charge in [0.15, 0.2) is 0 Å². The standard InChI is InChI=1S/C26H30N4O/c1-17-21(9-7-13-29(3)4)18(2)28-24(17)15-23-22-11-10-19(20-8-6-12-27-16-20)14-25(22)30(5)26(23)31/h6,8,10-12,14-16,28H,7,9,13H2,1-5H3/b23-15-. The van der Waals surface area contributed by atoms with Crippen molar-refractivity contribution in [1.29, 1.82) is 0 Å². The summed E-state index contributed by atoms with van der Waals surface area (Å²) in [5, 5.41) is 0. The average molecular weight is 415 g/mol. The Morgan fingerprint density at radius 1 is 1.16 bits per heavy atom. The number of hydrogen-bond acceptors (Lipinski definition) is 3. The molecular formula is C26H30N4O. The van der Waals surface area contributed by atoms with Crippen LogP contribution in [-0.2, 0) is 11.2 Å². The van der Waals surface area contributed by atoms with Crippen molar-refractivity contribution in [2.24, 2.45) is 0 Å². The van der Waals surface area contributed by atoms with Gasteiger partial charge in [-0.2, -0.15) is 0 Å². The first-order chi connectivity index (χ1) is 14.9. The summed E-state index contributed by atoms with van der Waals surface area (Å²) in [6.07, 6.45) is 7.78. The maximum absolute atomic E-state index is 13.1. The number of likely N-dealkylation sites (N-methyl/N-ethyl adjacent to an activating group) is 1. The third-order valence-corrected chi connectivity index (χ3v) is 6.13. The Hall–Kier alpha value is -3.18. The molecule has 31 heavy (non-hydrogen) atoms. The van der Waals surface area contributed by atoms with Gasteiger partial charge in [0, 0.05) is 42.0 Å². The van der Waals surface area contributed by atoms with Gasteiger partial charge in [0.1, 0.15) is 0 Å². The number of aromatic amines is 1. The highest BCUT2D eigenvalue weighted by atomic mass is 16.2. The van der Waals surface area contributed by atoms with Gasteiger partial charge in [0.25, 0.3) is 5.91 Å². The van der Waals surface area contributed by atoms with E-state index in [1.165, 1.54) is 16.8 Å². The summed E-state index contributed by atoms with van der Waals surface area (Å²) in [7, 11) is 6.05. The first kappa shape index (κ1) is 21.1. The lowest BCUT2D eigenvalue weighted by atomic mass is 9.99. The highest BCUT2D eigenvalue weighted by molar-refractivity contribution is 6.35. The van der Waals surface area contributed by atoms with Crippen molar-refractivity contribution in [3.63, 3.8) is 0 Å². The highest BCUT2D eigenvalue weighted by Crippen LogP contribution is 2.39. The molecule has 0 radical (unpaired) electrons. The largest absolute Gasteiger partial charge is 0.359 e. The maximum atomic E-state index is 13.1. The third kappa shape index (κ3) is 4.06. The number of nitrogens with zero attached hydrogens (tertiary/aromatic N) is 3. The van der Waals surface area contributed by atoms with Crippen LogP contribution in [0.5, 0.6) is 0 Å². The second-order valence-corrected chi connectivity index (χ2v) is 8.57. The molecule has 0 unspecified atom stereocenters. The quantitative estimate of drug-likeness (QED) is 0.595. The molecule has 5 heteroatoms. The second kappa shape index (κ2) is 8.52. The van der Waals surface area contributed by atoms with Crippen molar-refractivity contribution in [2.75, 3.05) is 32.6 Å². The molecule has 1 aliphatic rings. The van der Waals surface area contributed by atoms with Gasteiger partial charge in [0.2, 0.25) is 0 Å². The number of aromatic nitrogens is 2. The third-order valence-electron chi connectivity index (χ3n) is 6.13. The first-order valence-electron chi connectivity index (χ1n) is 10.7. The zero-order valence-corrected chi connectivity index (χ0v) is 19.0. The average Bonchev–Trinajstić information content (AvgIpc) is 3.16. The van der Waals surface area contributed by atoms with Crippen LogP contribution >= 0.6 is 0 Å². The maximum Gasteiger partial charge on any atom is 0.258 e. The molecule has 0 fully saturated rings. The summed E-state index contributed by atoms with van der Waals surface area (Å²) in [5.41, 5.74) is 9.56. The van der Waals surface area contributed by atoms with E-state index < -0.39 is 0 Å². The van der Waals surface area contributed by atoms with E-state index in [9.17, 15) is 4.79 Å². The Labute approximate surface area is 184 Å². The first-order valence-corrected chi connectivity index (χ1v) is 10.7. The monoisotopic (exact) mass is 414 g/mol. The van der Waals surface area contributed by atoms with Crippen molar-refractivity contribution in [3.8, 4) is 11.1 Å². The van der Waals surface area contributed by atoms with E-state index in [-0.39, 0.29) is 5.91 Å². The molecule has 5 nitrogen and oxygen atoms in total. The Bertz CT molecular complexity index is 1140. The van der Waals surface area contributed by atoms with Gasteiger partial charge < -0.3 is 14.8 Å². The van der Waals surface area contributed by atoms with Crippen LogP contribution in [0.1, 0.15) is 34.5 Å². The second-order valence-electron chi connectivity index (χ2n) is 8.57. The summed E-state index contributed by atoms with van der Waals surface area (Å²) in [6, 6.07) is 10.1. The van der Waals surface area contributed by atoms with E-state index in [0.717, 1.165) is 53.0 Å². The molecule has 0 spiro atoms. The minimum atomic E-state index is 0.0270. The molecule has 2 aromatic heterocycles. The number of carbonyl (C=O) groups is 1. The fourth-order valence-corrected chi connectivity index (χ4v) is 4.35. The number of H-pyrrole nitrogens is 1. The van der Waals surface area contributed by atoms with E-state index >= 15 is 0 Å². The number of fused-ring (bicyclic) bond motifs is 1. The van der Waals surface area contributed by atoms with E-state index in [0.29, 0.717) is 0 Å². The number of aryl methyl sites for hydroxylation is 1. The number of hydrogen-bond donors (Lipinski definition) is 1. The number of rotatable bonds is 6. The van der Waals surface area contributed by atoms with Crippen LogP contribution in [0.4, 0.5) is 5.69 Å². The van der Waals surface area contributed by atoms with Gasteiger partial charge in [-0.05, 0) is 82.2 Å². The molecule has 0 saturated heterocycles. The minimum absolute atomic E-state index is 0.0270. The lowest BCUT2D eigenvalue weighted by Crippen LogP contribution is -2.20. The molecule has 3 aromatic rings. The number of amides is 1. The van der Waals surface area contributed by atoms with E-state index in [1.807, 2.05) is 37.5 Å². The molecular weight excluding hydrogens is 384 g/mol. The lowest BCUT2D eigenvalue weighted by molar-refractivity contribution is -0.112. The van der Waals surface area contributed by atoms with E-state index in [4.69, 9.17) is 0 Å². The number of carbonyl (C=O) groups excluding carboxylic acids is 1. The lowest BCUT2D eigenvalue weighted by Gasteiger charge is -2.10. The molecule has 0 atom stereocenters. The van der Waals surface area contributed by atoms with Crippen molar-refractivity contribution >= 4 is 23.2 Å². The van der Waals surface area contributed by atoms with Gasteiger partial charge >= 0.3 is 0 Å². The molecule has 1 N–H and O–H groups in total. The minimum Gasteiger partial charge on any atom is -0.359 e. The SMILES string of the molecule is Cc1[nH]c(/C=C2\C(=O)N(C)c3cc(-c4cccnc4)ccc32)c(C)c1CCCN(C)C. The van der Waals surface area contributed by atoms with Gasteiger partial charge in [-0.25, -0.2) is 0 Å². The van der Waals surface area contributed by atoms with Crippen LogP contribution in [0, 0.1) is 13.8 Å². The fraction of sp³-hybridized carbons (Fsp3) is 0.308. The van der Waals surface area contributed by atoms with Crippen LogP contribution in [0.2, 0.25) is 0 Å². The summed E-state index contributed by atoms with van der Waals surface area (Å²) < 4.78 is 0. The summed E-state index contributed by atoms with van der Waals surface area (Å²) in [6.45, 7) is 5.34. The molecule has 0 bridgehead atoms. The van der Waals surface area contributed by atoms with Crippen LogP contribution < -0.4 is 4.90 Å². The van der Waals surface area contributed by atoms with Gasteiger partial charge in [-0.3, -0.25) is 9.78 Å². The zero-order chi connectivity index (χ0) is 22.1. The van der Waals surface area contributed by atoms with Crippen LogP contribution in [0.3, 0.4) is 0 Å².